The molecule has 0 N–H and O–H groups in total. The molecule has 0 aliphatic heterocycles. The Morgan fingerprint density at radius 1 is 0.857 bits per heavy atom. The fourth-order valence-electron chi connectivity index (χ4n) is 1.97. The summed E-state index contributed by atoms with van der Waals surface area (Å²) >= 11 is 1.81. The summed E-state index contributed by atoms with van der Waals surface area (Å²) in [6, 6.07) is 13.2. The van der Waals surface area contributed by atoms with Gasteiger partial charge in [-0.3, -0.25) is 0 Å². The predicted molar refractivity (Wildman–Crippen MR) is 64.1 cm³/mol. The molecule has 0 saturated heterocycles. The van der Waals surface area contributed by atoms with Gasteiger partial charge in [0, 0.05) is 10.1 Å². The third kappa shape index (κ3) is 0.992. The lowest BCUT2D eigenvalue weighted by atomic mass is 10.0. The first-order chi connectivity index (χ1) is 6.86. The van der Waals surface area contributed by atoms with Crippen LogP contribution in [0.25, 0.3) is 20.9 Å². The van der Waals surface area contributed by atoms with Crippen LogP contribution in [0, 0.1) is 6.92 Å². The first-order valence-electron chi connectivity index (χ1n) is 4.72. The van der Waals surface area contributed by atoms with Gasteiger partial charge in [0.2, 0.25) is 0 Å². The van der Waals surface area contributed by atoms with Gasteiger partial charge in [-0.2, -0.15) is 0 Å². The minimum Gasteiger partial charge on any atom is -0.144 e. The van der Waals surface area contributed by atoms with Gasteiger partial charge in [0.1, 0.15) is 0 Å². The first-order valence-corrected chi connectivity index (χ1v) is 5.60. The van der Waals surface area contributed by atoms with Crippen molar-refractivity contribution in [2.24, 2.45) is 0 Å². The smallest absolute Gasteiger partial charge is 0.0349 e. The molecular formula is C13H10S. The summed E-state index contributed by atoms with van der Waals surface area (Å²) in [5, 5.41) is 6.30. The molecule has 0 unspecified atom stereocenters. The normalized spacial score (nSPS) is 11.2. The van der Waals surface area contributed by atoms with Gasteiger partial charge in [-0.1, -0.05) is 24.3 Å². The minimum atomic E-state index is 1.36. The number of fused-ring (bicyclic) bond motifs is 3. The van der Waals surface area contributed by atoms with Crippen molar-refractivity contribution in [2.75, 3.05) is 0 Å². The summed E-state index contributed by atoms with van der Waals surface area (Å²) in [5.74, 6) is 0. The van der Waals surface area contributed by atoms with Crippen molar-refractivity contribution >= 4 is 32.2 Å². The van der Waals surface area contributed by atoms with Gasteiger partial charge in [-0.05, 0) is 40.8 Å². The van der Waals surface area contributed by atoms with E-state index in [0.29, 0.717) is 0 Å². The van der Waals surface area contributed by atoms with Gasteiger partial charge in [0.25, 0.3) is 0 Å². The number of hydrogen-bond acceptors (Lipinski definition) is 1. The van der Waals surface area contributed by atoms with E-state index in [1.54, 1.807) is 0 Å². The van der Waals surface area contributed by atoms with Gasteiger partial charge in [0.15, 0.2) is 0 Å². The maximum Gasteiger partial charge on any atom is 0.0349 e. The number of rotatable bonds is 0. The largest absolute Gasteiger partial charge is 0.144 e. The van der Waals surface area contributed by atoms with E-state index in [1.165, 1.54) is 26.4 Å². The zero-order chi connectivity index (χ0) is 9.54. The highest BCUT2D eigenvalue weighted by molar-refractivity contribution is 7.17. The average molecular weight is 198 g/mol. The molecule has 0 aliphatic rings. The zero-order valence-electron chi connectivity index (χ0n) is 7.95. The van der Waals surface area contributed by atoms with E-state index >= 15 is 0 Å². The van der Waals surface area contributed by atoms with Crippen molar-refractivity contribution in [2.45, 2.75) is 6.92 Å². The van der Waals surface area contributed by atoms with E-state index < -0.39 is 0 Å². The first kappa shape index (κ1) is 8.01. The van der Waals surface area contributed by atoms with Crippen LogP contribution >= 0.6 is 11.3 Å². The van der Waals surface area contributed by atoms with Crippen LogP contribution in [-0.2, 0) is 0 Å². The zero-order valence-corrected chi connectivity index (χ0v) is 8.77. The molecule has 1 heteroatoms. The van der Waals surface area contributed by atoms with Crippen LogP contribution in [0.5, 0.6) is 0 Å². The Balaban J connectivity index is 2.64. The molecule has 0 bridgehead atoms. The molecule has 3 rings (SSSR count). The van der Waals surface area contributed by atoms with Crippen LogP contribution in [0.2, 0.25) is 0 Å². The Morgan fingerprint density at radius 2 is 1.79 bits per heavy atom. The van der Waals surface area contributed by atoms with Gasteiger partial charge in [-0.15, -0.1) is 11.3 Å². The molecule has 0 saturated carbocycles. The molecular weight excluding hydrogens is 188 g/mol. The van der Waals surface area contributed by atoms with Crippen LogP contribution < -0.4 is 0 Å². The quantitative estimate of drug-likeness (QED) is 0.503. The Labute approximate surface area is 86.8 Å². The molecule has 0 radical (unpaired) electrons. The van der Waals surface area contributed by atoms with Gasteiger partial charge in [-0.25, -0.2) is 0 Å². The lowest BCUT2D eigenvalue weighted by Gasteiger charge is -2.02. The SMILES string of the molecule is Cc1cccc2c1ccc1sccc12. The highest BCUT2D eigenvalue weighted by Gasteiger charge is 2.01. The van der Waals surface area contributed by atoms with Crippen molar-refractivity contribution in [3.63, 3.8) is 0 Å². The summed E-state index contributed by atoms with van der Waals surface area (Å²) in [5.41, 5.74) is 1.36. The van der Waals surface area contributed by atoms with E-state index in [0.717, 1.165) is 0 Å². The molecule has 0 amide bonds. The van der Waals surface area contributed by atoms with Crippen molar-refractivity contribution < 1.29 is 0 Å². The second-order valence-corrected chi connectivity index (χ2v) is 4.52. The molecule has 0 fully saturated rings. The molecule has 2 aromatic carbocycles. The average Bonchev–Trinajstić information content (AvgIpc) is 2.66. The van der Waals surface area contributed by atoms with Crippen molar-refractivity contribution in [3.05, 3.63) is 47.3 Å². The second kappa shape index (κ2) is 2.82. The topological polar surface area (TPSA) is 0 Å². The van der Waals surface area contributed by atoms with Crippen LogP contribution in [0.4, 0.5) is 0 Å². The van der Waals surface area contributed by atoms with Gasteiger partial charge in [0.05, 0.1) is 0 Å². The van der Waals surface area contributed by atoms with Crippen molar-refractivity contribution in [1.82, 2.24) is 0 Å². The number of aryl methyl sites for hydroxylation is 1. The van der Waals surface area contributed by atoms with E-state index in [1.807, 2.05) is 11.3 Å². The van der Waals surface area contributed by atoms with Crippen molar-refractivity contribution in [3.8, 4) is 0 Å². The van der Waals surface area contributed by atoms with Crippen LogP contribution in [0.15, 0.2) is 41.8 Å². The monoisotopic (exact) mass is 198 g/mol. The Morgan fingerprint density at radius 3 is 2.71 bits per heavy atom. The minimum absolute atomic E-state index is 1.36. The lowest BCUT2D eigenvalue weighted by molar-refractivity contribution is 1.54. The summed E-state index contributed by atoms with van der Waals surface area (Å²) < 4.78 is 1.38. The van der Waals surface area contributed by atoms with E-state index in [-0.39, 0.29) is 0 Å². The molecule has 0 spiro atoms. The molecule has 1 heterocycles. The summed E-state index contributed by atoms with van der Waals surface area (Å²) in [4.78, 5) is 0. The van der Waals surface area contributed by atoms with Gasteiger partial charge >= 0.3 is 0 Å². The molecule has 1 aromatic heterocycles. The van der Waals surface area contributed by atoms with Gasteiger partial charge < -0.3 is 0 Å². The summed E-state index contributed by atoms with van der Waals surface area (Å²) in [6.07, 6.45) is 0. The third-order valence-corrected chi connectivity index (χ3v) is 3.59. The fourth-order valence-corrected chi connectivity index (χ4v) is 2.77. The number of hydrogen-bond donors (Lipinski definition) is 0. The maximum absolute atomic E-state index is 2.23. The molecule has 14 heavy (non-hydrogen) atoms. The Kier molecular flexibility index (Phi) is 1.62. The van der Waals surface area contributed by atoms with Crippen LogP contribution in [0.1, 0.15) is 5.56 Å². The maximum atomic E-state index is 2.23. The molecule has 0 aliphatic carbocycles. The Bertz CT molecular complexity index is 605. The molecule has 0 atom stereocenters. The standard InChI is InChI=1S/C13H10S/c1-9-3-2-4-11-10(9)5-6-13-12(11)7-8-14-13/h2-8H,1H3. The van der Waals surface area contributed by atoms with E-state index in [9.17, 15) is 0 Å². The molecule has 3 aromatic rings. The number of benzene rings is 2. The van der Waals surface area contributed by atoms with Crippen molar-refractivity contribution in [1.29, 1.82) is 0 Å². The summed E-state index contributed by atoms with van der Waals surface area (Å²) in [7, 11) is 0. The van der Waals surface area contributed by atoms with Crippen LogP contribution in [-0.4, -0.2) is 0 Å². The molecule has 0 nitrogen and oxygen atoms in total. The lowest BCUT2D eigenvalue weighted by Crippen LogP contribution is -1.77. The van der Waals surface area contributed by atoms with Crippen LogP contribution in [0.3, 0.4) is 0 Å². The fraction of sp³-hybridized carbons (Fsp3) is 0.0769. The van der Waals surface area contributed by atoms with E-state index in [4.69, 9.17) is 0 Å². The highest BCUT2D eigenvalue weighted by atomic mass is 32.1. The van der Waals surface area contributed by atoms with E-state index in [2.05, 4.69) is 48.7 Å². The summed E-state index contributed by atoms with van der Waals surface area (Å²) in [6.45, 7) is 2.17. The highest BCUT2D eigenvalue weighted by Crippen LogP contribution is 2.30. The predicted octanol–water partition coefficient (Wildman–Crippen LogP) is 4.36. The Hall–Kier alpha value is -1.34. The third-order valence-electron chi connectivity index (χ3n) is 2.71. The molecule has 68 valence electrons. The second-order valence-electron chi connectivity index (χ2n) is 3.57. The number of thiophene rings is 1.